The monoisotopic (exact) mass is 501 g/mol. The van der Waals surface area contributed by atoms with Gasteiger partial charge in [-0.25, -0.2) is 9.97 Å². The van der Waals surface area contributed by atoms with Crippen LogP contribution in [0, 0.1) is 0 Å². The normalized spacial score (nSPS) is 10.9. The second-order valence-corrected chi connectivity index (χ2v) is 8.58. The zero-order valence-corrected chi connectivity index (χ0v) is 19.1. The highest BCUT2D eigenvalue weighted by atomic mass is 79.9. The molecule has 2 heterocycles. The molecule has 5 nitrogen and oxygen atoms in total. The number of halogens is 2. The van der Waals surface area contributed by atoms with Gasteiger partial charge in [0, 0.05) is 43.6 Å². The second kappa shape index (κ2) is 8.57. The van der Waals surface area contributed by atoms with Crippen molar-refractivity contribution in [1.29, 1.82) is 0 Å². The van der Waals surface area contributed by atoms with E-state index in [4.69, 9.17) is 17.3 Å². The minimum absolute atomic E-state index is 0.238. The van der Waals surface area contributed by atoms with E-state index in [1.165, 1.54) is 0 Å². The Hall–Kier alpha value is -3.48. The Morgan fingerprint density at radius 3 is 2.38 bits per heavy atom. The fourth-order valence-electron chi connectivity index (χ4n) is 3.52. The summed E-state index contributed by atoms with van der Waals surface area (Å²) in [5.74, 6) is 0.238. The number of anilines is 3. The number of aromatic nitrogens is 3. The predicted octanol–water partition coefficient (Wildman–Crippen LogP) is 7.10. The van der Waals surface area contributed by atoms with Crippen molar-refractivity contribution in [3.8, 4) is 22.5 Å². The van der Waals surface area contributed by atoms with Crippen LogP contribution in [0.1, 0.15) is 0 Å². The Balaban J connectivity index is 1.44. The van der Waals surface area contributed by atoms with Crippen LogP contribution < -0.4 is 11.1 Å². The molecule has 3 N–H and O–H groups in total. The van der Waals surface area contributed by atoms with Crippen molar-refractivity contribution < 1.29 is 0 Å². The van der Waals surface area contributed by atoms with Gasteiger partial charge in [0.25, 0.3) is 0 Å². The summed E-state index contributed by atoms with van der Waals surface area (Å²) in [6.07, 6.45) is 1.77. The highest BCUT2D eigenvalue weighted by molar-refractivity contribution is 9.10. The van der Waals surface area contributed by atoms with Crippen molar-refractivity contribution in [3.63, 3.8) is 0 Å². The van der Waals surface area contributed by atoms with Crippen LogP contribution in [0.25, 0.3) is 33.4 Å². The summed E-state index contributed by atoms with van der Waals surface area (Å²) in [7, 11) is 0. The molecule has 0 aliphatic heterocycles. The summed E-state index contributed by atoms with van der Waals surface area (Å²) in [5, 5.41) is 5.12. The first-order valence-corrected chi connectivity index (χ1v) is 11.0. The molecule has 0 aliphatic rings. The van der Waals surface area contributed by atoms with E-state index in [9.17, 15) is 0 Å². The lowest BCUT2D eigenvalue weighted by atomic mass is 10.1. The number of hydrogen-bond donors (Lipinski definition) is 2. The van der Waals surface area contributed by atoms with Gasteiger partial charge in [0.1, 0.15) is 0 Å². The van der Waals surface area contributed by atoms with E-state index in [0.717, 1.165) is 49.3 Å². The lowest BCUT2D eigenvalue weighted by Gasteiger charge is -2.11. The van der Waals surface area contributed by atoms with Crippen molar-refractivity contribution in [2.24, 2.45) is 0 Å². The number of hydrogen-bond acceptors (Lipinski definition) is 5. The summed E-state index contributed by atoms with van der Waals surface area (Å²) in [5.41, 5.74) is 12.2. The molecule has 0 saturated carbocycles. The largest absolute Gasteiger partial charge is 0.368 e. The number of nitrogens with zero attached hydrogens (tertiary/aromatic N) is 3. The first kappa shape index (κ1) is 20.4. The molecule has 0 unspecified atom stereocenters. The molecule has 0 bridgehead atoms. The van der Waals surface area contributed by atoms with E-state index in [-0.39, 0.29) is 5.95 Å². The molecule has 0 amide bonds. The van der Waals surface area contributed by atoms with Crippen LogP contribution >= 0.6 is 27.5 Å². The van der Waals surface area contributed by atoms with Gasteiger partial charge in [-0.3, -0.25) is 4.98 Å². The van der Waals surface area contributed by atoms with Crippen LogP contribution in [0.5, 0.6) is 0 Å². The third kappa shape index (κ3) is 4.28. The minimum atomic E-state index is 0.238. The molecule has 7 heteroatoms. The molecule has 32 heavy (non-hydrogen) atoms. The van der Waals surface area contributed by atoms with Crippen LogP contribution in [-0.4, -0.2) is 15.0 Å². The number of benzene rings is 3. The van der Waals surface area contributed by atoms with Gasteiger partial charge in [-0.15, -0.1) is 0 Å². The molecule has 0 aliphatic carbocycles. The first-order chi connectivity index (χ1) is 15.5. The Morgan fingerprint density at radius 1 is 0.812 bits per heavy atom. The lowest BCUT2D eigenvalue weighted by molar-refractivity contribution is 1.19. The van der Waals surface area contributed by atoms with Gasteiger partial charge in [0.05, 0.1) is 16.9 Å². The standard InChI is InChI=1S/C25H17BrClN5/c26-17-3-1-2-16(12-17)23-14-22(31-25(28)32-23)15-4-7-19(8-5-15)30-21-10-11-29-24-13-18(27)6-9-20(21)24/h1-14H,(H,29,30)(H2,28,31,32). The van der Waals surface area contributed by atoms with Crippen molar-refractivity contribution in [2.45, 2.75) is 0 Å². The topological polar surface area (TPSA) is 76.7 Å². The summed E-state index contributed by atoms with van der Waals surface area (Å²) in [6.45, 7) is 0. The van der Waals surface area contributed by atoms with Gasteiger partial charge < -0.3 is 11.1 Å². The maximum Gasteiger partial charge on any atom is 0.221 e. The van der Waals surface area contributed by atoms with Crippen molar-refractivity contribution >= 4 is 55.8 Å². The zero-order valence-electron chi connectivity index (χ0n) is 16.8. The summed E-state index contributed by atoms with van der Waals surface area (Å²) < 4.78 is 0.982. The number of rotatable bonds is 4. The van der Waals surface area contributed by atoms with Crippen LogP contribution in [0.3, 0.4) is 0 Å². The fraction of sp³-hybridized carbons (Fsp3) is 0. The molecule has 0 radical (unpaired) electrons. The number of nitrogens with two attached hydrogens (primary N) is 1. The Bertz CT molecular complexity index is 1440. The molecule has 2 aromatic heterocycles. The average molecular weight is 503 g/mol. The van der Waals surface area contributed by atoms with E-state index >= 15 is 0 Å². The molecule has 3 aromatic carbocycles. The van der Waals surface area contributed by atoms with E-state index < -0.39 is 0 Å². The zero-order chi connectivity index (χ0) is 22.1. The van der Waals surface area contributed by atoms with Crippen LogP contribution in [-0.2, 0) is 0 Å². The van der Waals surface area contributed by atoms with Crippen LogP contribution in [0.4, 0.5) is 17.3 Å². The molecule has 0 atom stereocenters. The number of nitrogen functional groups attached to an aromatic ring is 1. The van der Waals surface area contributed by atoms with Crippen molar-refractivity contribution in [3.05, 3.63) is 94.6 Å². The van der Waals surface area contributed by atoms with E-state index in [0.29, 0.717) is 5.02 Å². The Labute approximate surface area is 198 Å². The van der Waals surface area contributed by atoms with E-state index in [2.05, 4.69) is 36.2 Å². The van der Waals surface area contributed by atoms with Gasteiger partial charge in [-0.2, -0.15) is 0 Å². The van der Waals surface area contributed by atoms with Crippen molar-refractivity contribution in [1.82, 2.24) is 15.0 Å². The molecule has 0 saturated heterocycles. The maximum atomic E-state index is 6.09. The predicted molar refractivity (Wildman–Crippen MR) is 135 cm³/mol. The highest BCUT2D eigenvalue weighted by Gasteiger charge is 2.09. The highest BCUT2D eigenvalue weighted by Crippen LogP contribution is 2.30. The SMILES string of the molecule is Nc1nc(-c2ccc(Nc3ccnc4cc(Cl)ccc34)cc2)cc(-c2cccc(Br)c2)n1. The van der Waals surface area contributed by atoms with Crippen LogP contribution in [0.15, 0.2) is 89.5 Å². The number of fused-ring (bicyclic) bond motifs is 1. The third-order valence-electron chi connectivity index (χ3n) is 5.03. The van der Waals surface area contributed by atoms with Gasteiger partial charge in [-0.1, -0.05) is 51.8 Å². The van der Waals surface area contributed by atoms with Gasteiger partial charge in [0.2, 0.25) is 5.95 Å². The lowest BCUT2D eigenvalue weighted by Crippen LogP contribution is -1.99. The van der Waals surface area contributed by atoms with Gasteiger partial charge in [0.15, 0.2) is 0 Å². The molecule has 5 aromatic rings. The molecular weight excluding hydrogens is 486 g/mol. The fourth-order valence-corrected chi connectivity index (χ4v) is 4.09. The third-order valence-corrected chi connectivity index (χ3v) is 5.76. The molecule has 0 fully saturated rings. The summed E-state index contributed by atoms with van der Waals surface area (Å²) >= 11 is 9.60. The molecule has 156 valence electrons. The quantitative estimate of drug-likeness (QED) is 0.274. The first-order valence-electron chi connectivity index (χ1n) is 9.87. The summed E-state index contributed by atoms with van der Waals surface area (Å²) in [6, 6.07) is 25.5. The minimum Gasteiger partial charge on any atom is -0.368 e. The Kier molecular flexibility index (Phi) is 5.47. The molecule has 0 spiro atoms. The van der Waals surface area contributed by atoms with E-state index in [1.54, 1.807) is 6.20 Å². The molecular formula is C25H17BrClN5. The van der Waals surface area contributed by atoms with Crippen LogP contribution in [0.2, 0.25) is 5.02 Å². The van der Waals surface area contributed by atoms with Gasteiger partial charge >= 0.3 is 0 Å². The second-order valence-electron chi connectivity index (χ2n) is 7.23. The number of pyridine rings is 1. The maximum absolute atomic E-state index is 6.09. The summed E-state index contributed by atoms with van der Waals surface area (Å²) in [4.78, 5) is 13.2. The molecule has 5 rings (SSSR count). The van der Waals surface area contributed by atoms with Gasteiger partial charge in [-0.05, 0) is 54.6 Å². The van der Waals surface area contributed by atoms with E-state index in [1.807, 2.05) is 78.9 Å². The average Bonchev–Trinajstić information content (AvgIpc) is 2.79. The smallest absolute Gasteiger partial charge is 0.221 e. The van der Waals surface area contributed by atoms with Crippen molar-refractivity contribution in [2.75, 3.05) is 11.1 Å². The number of nitrogens with one attached hydrogen (secondary N) is 1. The Morgan fingerprint density at radius 2 is 1.59 bits per heavy atom.